The Morgan fingerprint density at radius 2 is 2.06 bits per heavy atom. The molecule has 0 aliphatic carbocycles. The highest BCUT2D eigenvalue weighted by molar-refractivity contribution is 9.13. The van der Waals surface area contributed by atoms with E-state index in [4.69, 9.17) is 0 Å². The Kier molecular flexibility index (Phi) is 7.31. The number of thiophene rings is 1. The second-order valence-corrected chi connectivity index (χ2v) is 7.77. The highest BCUT2D eigenvalue weighted by Crippen LogP contribution is 2.37. The molecule has 0 bridgehead atoms. The normalized spacial score (nSPS) is 14.9. The van der Waals surface area contributed by atoms with Crippen molar-refractivity contribution in [2.75, 3.05) is 6.54 Å². The molecule has 0 saturated carbocycles. The van der Waals surface area contributed by atoms with Crippen molar-refractivity contribution in [2.45, 2.75) is 46.1 Å². The molecule has 0 radical (unpaired) electrons. The van der Waals surface area contributed by atoms with Crippen LogP contribution in [0.5, 0.6) is 0 Å². The molecule has 0 spiro atoms. The van der Waals surface area contributed by atoms with E-state index in [2.05, 4.69) is 64.0 Å². The summed E-state index contributed by atoms with van der Waals surface area (Å²) in [7, 11) is 0. The standard InChI is InChI=1S/C13H21Br2NS/c1-4-6-9(3)7-11(16-5-2)12-8-10(14)13(15)17-12/h8-9,11,16H,4-7H2,1-3H3. The molecule has 17 heavy (non-hydrogen) atoms. The summed E-state index contributed by atoms with van der Waals surface area (Å²) >= 11 is 8.97. The van der Waals surface area contributed by atoms with E-state index in [1.807, 2.05) is 11.3 Å². The Morgan fingerprint density at radius 1 is 1.35 bits per heavy atom. The van der Waals surface area contributed by atoms with E-state index in [0.717, 1.165) is 12.5 Å². The van der Waals surface area contributed by atoms with E-state index < -0.39 is 0 Å². The van der Waals surface area contributed by atoms with Crippen LogP contribution in [0.2, 0.25) is 0 Å². The lowest BCUT2D eigenvalue weighted by Crippen LogP contribution is -2.22. The van der Waals surface area contributed by atoms with Crippen molar-refractivity contribution in [3.05, 3.63) is 19.2 Å². The van der Waals surface area contributed by atoms with Gasteiger partial charge in [0.2, 0.25) is 0 Å². The van der Waals surface area contributed by atoms with Crippen molar-refractivity contribution in [3.63, 3.8) is 0 Å². The highest BCUT2D eigenvalue weighted by atomic mass is 79.9. The fourth-order valence-electron chi connectivity index (χ4n) is 2.09. The predicted octanol–water partition coefficient (Wildman–Crippen LogP) is 5.75. The lowest BCUT2D eigenvalue weighted by molar-refractivity contribution is 0.399. The lowest BCUT2D eigenvalue weighted by Gasteiger charge is -2.20. The third kappa shape index (κ3) is 5.01. The molecule has 1 aromatic rings. The third-order valence-electron chi connectivity index (χ3n) is 2.88. The summed E-state index contributed by atoms with van der Waals surface area (Å²) in [6, 6.07) is 2.73. The van der Waals surface area contributed by atoms with Crippen LogP contribution in [0.1, 0.15) is 51.0 Å². The number of halogens is 2. The first-order valence-electron chi connectivity index (χ1n) is 6.26. The Morgan fingerprint density at radius 3 is 2.53 bits per heavy atom. The van der Waals surface area contributed by atoms with Crippen LogP contribution >= 0.6 is 43.2 Å². The van der Waals surface area contributed by atoms with E-state index >= 15 is 0 Å². The summed E-state index contributed by atoms with van der Waals surface area (Å²) in [5.41, 5.74) is 0. The van der Waals surface area contributed by atoms with Gasteiger partial charge in [0.25, 0.3) is 0 Å². The molecule has 2 unspecified atom stereocenters. The van der Waals surface area contributed by atoms with Gasteiger partial charge >= 0.3 is 0 Å². The zero-order valence-corrected chi connectivity index (χ0v) is 14.7. The number of nitrogens with one attached hydrogen (secondary N) is 1. The molecule has 1 N–H and O–H groups in total. The molecule has 1 heterocycles. The van der Waals surface area contributed by atoms with Gasteiger partial charge in [-0.15, -0.1) is 11.3 Å². The molecule has 1 rings (SSSR count). The van der Waals surface area contributed by atoms with Gasteiger partial charge in [0, 0.05) is 15.4 Å². The fraction of sp³-hybridized carbons (Fsp3) is 0.692. The maximum absolute atomic E-state index is 3.60. The highest BCUT2D eigenvalue weighted by Gasteiger charge is 2.17. The summed E-state index contributed by atoms with van der Waals surface area (Å²) in [5, 5.41) is 3.60. The van der Waals surface area contributed by atoms with Crippen molar-refractivity contribution in [3.8, 4) is 0 Å². The third-order valence-corrected chi connectivity index (χ3v) is 6.25. The van der Waals surface area contributed by atoms with Gasteiger partial charge in [-0.1, -0.05) is 33.6 Å². The van der Waals surface area contributed by atoms with Crippen molar-refractivity contribution in [2.24, 2.45) is 5.92 Å². The molecule has 98 valence electrons. The van der Waals surface area contributed by atoms with Crippen LogP contribution in [0.3, 0.4) is 0 Å². The average molecular weight is 383 g/mol. The lowest BCUT2D eigenvalue weighted by atomic mass is 9.96. The topological polar surface area (TPSA) is 12.0 Å². The van der Waals surface area contributed by atoms with E-state index in [9.17, 15) is 0 Å². The van der Waals surface area contributed by atoms with Gasteiger partial charge in [-0.2, -0.15) is 0 Å². The molecular weight excluding hydrogens is 362 g/mol. The smallest absolute Gasteiger partial charge is 0.0843 e. The monoisotopic (exact) mass is 381 g/mol. The van der Waals surface area contributed by atoms with Crippen LogP contribution in [-0.4, -0.2) is 6.54 Å². The second kappa shape index (κ2) is 7.93. The molecule has 1 aromatic heterocycles. The molecule has 0 aromatic carbocycles. The fourth-order valence-corrected chi connectivity index (χ4v) is 4.27. The number of hydrogen-bond donors (Lipinski definition) is 1. The molecule has 0 aliphatic rings. The molecule has 2 atom stereocenters. The van der Waals surface area contributed by atoms with Crippen LogP contribution in [-0.2, 0) is 0 Å². The summed E-state index contributed by atoms with van der Waals surface area (Å²) in [5.74, 6) is 0.781. The van der Waals surface area contributed by atoms with Gasteiger partial charge in [0.15, 0.2) is 0 Å². The molecule has 0 aliphatic heterocycles. The van der Waals surface area contributed by atoms with Crippen molar-refractivity contribution >= 4 is 43.2 Å². The maximum atomic E-state index is 3.60. The zero-order valence-electron chi connectivity index (χ0n) is 10.7. The molecule has 0 fully saturated rings. The maximum Gasteiger partial charge on any atom is 0.0843 e. The van der Waals surface area contributed by atoms with Crippen LogP contribution in [0.15, 0.2) is 14.3 Å². The summed E-state index contributed by atoms with van der Waals surface area (Å²) in [6.45, 7) is 7.81. The first kappa shape index (κ1) is 15.7. The number of rotatable bonds is 7. The van der Waals surface area contributed by atoms with Gasteiger partial charge in [-0.3, -0.25) is 0 Å². The molecular formula is C13H21Br2NS. The average Bonchev–Trinajstić information content (AvgIpc) is 2.59. The van der Waals surface area contributed by atoms with Crippen molar-refractivity contribution < 1.29 is 0 Å². The first-order chi connectivity index (χ1) is 8.08. The van der Waals surface area contributed by atoms with Crippen LogP contribution < -0.4 is 5.32 Å². The Balaban J connectivity index is 2.71. The molecule has 1 nitrogen and oxygen atoms in total. The van der Waals surface area contributed by atoms with Gasteiger partial charge < -0.3 is 5.32 Å². The minimum absolute atomic E-state index is 0.495. The Labute approximate surface area is 126 Å². The zero-order chi connectivity index (χ0) is 12.8. The van der Waals surface area contributed by atoms with Crippen molar-refractivity contribution in [1.29, 1.82) is 0 Å². The van der Waals surface area contributed by atoms with Crippen LogP contribution in [0.4, 0.5) is 0 Å². The van der Waals surface area contributed by atoms with Crippen molar-refractivity contribution in [1.82, 2.24) is 5.32 Å². The van der Waals surface area contributed by atoms with E-state index in [1.165, 1.54) is 32.4 Å². The summed E-state index contributed by atoms with van der Waals surface area (Å²) in [4.78, 5) is 1.42. The van der Waals surface area contributed by atoms with Gasteiger partial charge in [-0.25, -0.2) is 0 Å². The predicted molar refractivity (Wildman–Crippen MR) is 84.8 cm³/mol. The van der Waals surface area contributed by atoms with E-state index in [1.54, 1.807) is 0 Å². The summed E-state index contributed by atoms with van der Waals surface area (Å²) in [6.07, 6.45) is 3.81. The largest absolute Gasteiger partial charge is 0.310 e. The SMILES string of the molecule is CCCC(C)CC(NCC)c1cc(Br)c(Br)s1. The van der Waals surface area contributed by atoms with Gasteiger partial charge in [0.1, 0.15) is 0 Å². The van der Waals surface area contributed by atoms with Gasteiger partial charge in [-0.05, 0) is 56.8 Å². The second-order valence-electron chi connectivity index (χ2n) is 4.51. The van der Waals surface area contributed by atoms with E-state index in [-0.39, 0.29) is 0 Å². The minimum atomic E-state index is 0.495. The number of hydrogen-bond acceptors (Lipinski definition) is 2. The van der Waals surface area contributed by atoms with Crippen LogP contribution in [0.25, 0.3) is 0 Å². The molecule has 4 heteroatoms. The molecule has 0 amide bonds. The molecule has 0 saturated heterocycles. The Bertz CT molecular complexity index is 319. The van der Waals surface area contributed by atoms with Crippen LogP contribution in [0, 0.1) is 5.92 Å². The minimum Gasteiger partial charge on any atom is -0.310 e. The first-order valence-corrected chi connectivity index (χ1v) is 8.66. The van der Waals surface area contributed by atoms with Gasteiger partial charge in [0.05, 0.1) is 3.79 Å². The summed E-state index contributed by atoms with van der Waals surface area (Å²) < 4.78 is 2.36. The Hall–Kier alpha value is 0.620. The quantitative estimate of drug-likeness (QED) is 0.632. The van der Waals surface area contributed by atoms with E-state index in [0.29, 0.717) is 6.04 Å².